The average molecular weight is 570 g/mol. The summed E-state index contributed by atoms with van der Waals surface area (Å²) in [6.07, 6.45) is 2.46. The molecule has 0 spiro atoms. The summed E-state index contributed by atoms with van der Waals surface area (Å²) in [5.74, 6) is 0.717. The van der Waals surface area contributed by atoms with E-state index < -0.39 is 17.2 Å². The summed E-state index contributed by atoms with van der Waals surface area (Å²) < 4.78 is 10.5. The predicted octanol–water partition coefficient (Wildman–Crippen LogP) is 3.86. The van der Waals surface area contributed by atoms with Crippen molar-refractivity contribution in [1.82, 2.24) is 20.9 Å². The maximum absolute atomic E-state index is 12.4. The van der Waals surface area contributed by atoms with Gasteiger partial charge in [-0.05, 0) is 60.3 Å². The molecule has 2 amide bonds. The largest absolute Gasteiger partial charge is 0.450 e. The monoisotopic (exact) mass is 569 g/mol. The Morgan fingerprint density at radius 1 is 1.06 bits per heavy atom. The van der Waals surface area contributed by atoms with Gasteiger partial charge in [0.2, 0.25) is 0 Å². The molecule has 10 heteroatoms. The summed E-state index contributed by atoms with van der Waals surface area (Å²) >= 11 is 0. The van der Waals surface area contributed by atoms with Crippen LogP contribution in [0.4, 0.5) is 9.59 Å². The van der Waals surface area contributed by atoms with Gasteiger partial charge >= 0.3 is 12.2 Å². The molecule has 0 aliphatic carbocycles. The smallest absolute Gasteiger partial charge is 0.409 e. The van der Waals surface area contributed by atoms with Gasteiger partial charge in [0.15, 0.2) is 5.96 Å². The van der Waals surface area contributed by atoms with Crippen molar-refractivity contribution >= 4 is 42.1 Å². The molecule has 1 rings (SSSR count). The van der Waals surface area contributed by atoms with Crippen LogP contribution in [0.15, 0.2) is 4.99 Å². The first-order chi connectivity index (χ1) is 14.6. The van der Waals surface area contributed by atoms with E-state index in [9.17, 15) is 9.59 Å². The molecule has 3 N–H and O–H groups in total. The van der Waals surface area contributed by atoms with E-state index in [4.69, 9.17) is 14.5 Å². The van der Waals surface area contributed by atoms with Gasteiger partial charge in [-0.3, -0.25) is 4.99 Å². The fraction of sp³-hybridized carbons (Fsp3) is 0.864. The Bertz CT molecular complexity index is 598. The van der Waals surface area contributed by atoms with Crippen LogP contribution in [0, 0.1) is 0 Å². The highest BCUT2D eigenvalue weighted by atomic mass is 127. The first kappa shape index (κ1) is 30.5. The maximum Gasteiger partial charge on any atom is 0.409 e. The lowest BCUT2D eigenvalue weighted by atomic mass is 9.93. The van der Waals surface area contributed by atoms with Gasteiger partial charge < -0.3 is 30.3 Å². The quantitative estimate of drug-likeness (QED) is 0.233. The maximum atomic E-state index is 12.4. The van der Waals surface area contributed by atoms with Crippen molar-refractivity contribution in [2.75, 3.05) is 32.8 Å². The van der Waals surface area contributed by atoms with E-state index in [1.54, 1.807) is 4.90 Å². The Hall–Kier alpha value is -1.46. The predicted molar refractivity (Wildman–Crippen MR) is 139 cm³/mol. The number of carbonyl (C=O) groups excluding carboxylic acids is 2. The molecule has 0 saturated carbocycles. The van der Waals surface area contributed by atoms with Crippen LogP contribution in [0.1, 0.15) is 74.1 Å². The summed E-state index contributed by atoms with van der Waals surface area (Å²) in [5.41, 5.74) is -1.02. The third-order valence-corrected chi connectivity index (χ3v) is 5.37. The van der Waals surface area contributed by atoms with Gasteiger partial charge in [0, 0.05) is 25.7 Å². The van der Waals surface area contributed by atoms with Crippen molar-refractivity contribution < 1.29 is 19.1 Å². The first-order valence-corrected chi connectivity index (χ1v) is 11.6. The number of rotatable bonds is 8. The number of ether oxygens (including phenoxy) is 2. The number of hydrogen-bond acceptors (Lipinski definition) is 5. The van der Waals surface area contributed by atoms with Gasteiger partial charge in [-0.25, -0.2) is 9.59 Å². The number of likely N-dealkylation sites (tertiary alicyclic amines) is 1. The second-order valence-electron chi connectivity index (χ2n) is 8.91. The van der Waals surface area contributed by atoms with Crippen LogP contribution in [-0.4, -0.2) is 73.0 Å². The van der Waals surface area contributed by atoms with Crippen molar-refractivity contribution in [1.29, 1.82) is 0 Å². The lowest BCUT2D eigenvalue weighted by molar-refractivity contribution is 0.0451. The first-order valence-electron chi connectivity index (χ1n) is 11.6. The fourth-order valence-electron chi connectivity index (χ4n) is 3.37. The van der Waals surface area contributed by atoms with Gasteiger partial charge in [-0.1, -0.05) is 13.8 Å². The third kappa shape index (κ3) is 10.9. The topological polar surface area (TPSA) is 104 Å². The summed E-state index contributed by atoms with van der Waals surface area (Å²) in [4.78, 5) is 30.8. The van der Waals surface area contributed by atoms with Gasteiger partial charge in [-0.15, -0.1) is 24.0 Å². The summed E-state index contributed by atoms with van der Waals surface area (Å²) in [7, 11) is 0. The molecule has 9 nitrogen and oxygen atoms in total. The van der Waals surface area contributed by atoms with Crippen LogP contribution in [0.2, 0.25) is 0 Å². The highest BCUT2D eigenvalue weighted by molar-refractivity contribution is 14.0. The van der Waals surface area contributed by atoms with Crippen molar-refractivity contribution in [3.8, 4) is 0 Å². The van der Waals surface area contributed by atoms with Crippen LogP contribution in [0.3, 0.4) is 0 Å². The molecular formula is C22H44IN5O4. The molecule has 1 saturated heterocycles. The molecule has 1 fully saturated rings. The van der Waals surface area contributed by atoms with E-state index in [-0.39, 0.29) is 36.1 Å². The van der Waals surface area contributed by atoms with Crippen LogP contribution >= 0.6 is 24.0 Å². The molecule has 1 aliphatic heterocycles. The Morgan fingerprint density at radius 3 is 2.12 bits per heavy atom. The molecule has 188 valence electrons. The van der Waals surface area contributed by atoms with Gasteiger partial charge in [0.1, 0.15) is 5.60 Å². The number of guanidine groups is 1. The molecule has 0 aromatic carbocycles. The van der Waals surface area contributed by atoms with Crippen molar-refractivity contribution in [3.63, 3.8) is 0 Å². The lowest BCUT2D eigenvalue weighted by Gasteiger charge is -2.34. The normalized spacial score (nSPS) is 15.5. The number of halogens is 1. The Morgan fingerprint density at radius 2 is 1.66 bits per heavy atom. The second-order valence-corrected chi connectivity index (χ2v) is 8.91. The van der Waals surface area contributed by atoms with Crippen molar-refractivity contribution in [3.05, 3.63) is 0 Å². The molecule has 0 unspecified atom stereocenters. The molecule has 0 atom stereocenters. The number of aliphatic imine (C=N–C) groups is 1. The molecule has 0 radical (unpaired) electrons. The standard InChI is InChI=1S/C22H43N5O4.HI/c1-8-22(9-2,26-19(28)31-21(5,6)7)16-24-18(23-10-3)25-17-12-14-27(15-13-17)20(29)30-11-4;/h17H,8-16H2,1-7H3,(H,26,28)(H2,23,24,25);1H. The Kier molecular flexibility index (Phi) is 14.0. The van der Waals surface area contributed by atoms with E-state index in [1.165, 1.54) is 0 Å². The SMILES string of the molecule is CCNC(=NCC(CC)(CC)NC(=O)OC(C)(C)C)NC1CCN(C(=O)OCC)CC1.I. The minimum atomic E-state index is -0.546. The lowest BCUT2D eigenvalue weighted by Crippen LogP contribution is -2.53. The summed E-state index contributed by atoms with van der Waals surface area (Å²) in [6, 6.07) is 0.222. The van der Waals surface area contributed by atoms with Crippen LogP contribution in [0.25, 0.3) is 0 Å². The van der Waals surface area contributed by atoms with Crippen LogP contribution in [0.5, 0.6) is 0 Å². The zero-order valence-electron chi connectivity index (χ0n) is 20.9. The zero-order valence-corrected chi connectivity index (χ0v) is 23.2. The zero-order chi connectivity index (χ0) is 23.5. The minimum absolute atomic E-state index is 0. The number of piperidine rings is 1. The molecule has 0 aromatic heterocycles. The van der Waals surface area contributed by atoms with Crippen molar-refractivity contribution in [2.45, 2.75) is 91.3 Å². The number of hydrogen-bond donors (Lipinski definition) is 3. The Labute approximate surface area is 210 Å². The van der Waals surface area contributed by atoms with E-state index in [2.05, 4.69) is 16.0 Å². The van der Waals surface area contributed by atoms with Crippen LogP contribution < -0.4 is 16.0 Å². The van der Waals surface area contributed by atoms with Gasteiger partial charge in [-0.2, -0.15) is 0 Å². The summed E-state index contributed by atoms with van der Waals surface area (Å²) in [5, 5.41) is 9.80. The van der Waals surface area contributed by atoms with Crippen molar-refractivity contribution in [2.24, 2.45) is 4.99 Å². The molecule has 0 bridgehead atoms. The molecular weight excluding hydrogens is 525 g/mol. The van der Waals surface area contributed by atoms with E-state index in [0.29, 0.717) is 32.2 Å². The highest BCUT2D eigenvalue weighted by Gasteiger charge is 2.31. The van der Waals surface area contributed by atoms with E-state index in [0.717, 1.165) is 32.2 Å². The number of nitrogens with one attached hydrogen (secondary N) is 3. The Balaban J connectivity index is 0.00000961. The van der Waals surface area contributed by atoms with Gasteiger partial charge in [0.25, 0.3) is 0 Å². The highest BCUT2D eigenvalue weighted by Crippen LogP contribution is 2.18. The molecule has 1 aliphatic rings. The number of alkyl carbamates (subject to hydrolysis) is 1. The second kappa shape index (κ2) is 14.6. The fourth-order valence-corrected chi connectivity index (χ4v) is 3.37. The molecule has 0 aromatic rings. The number of amides is 2. The molecule has 1 heterocycles. The minimum Gasteiger partial charge on any atom is -0.450 e. The number of nitrogens with zero attached hydrogens (tertiary/aromatic N) is 2. The average Bonchev–Trinajstić information content (AvgIpc) is 2.70. The van der Waals surface area contributed by atoms with E-state index >= 15 is 0 Å². The molecule has 32 heavy (non-hydrogen) atoms. The van der Waals surface area contributed by atoms with Crippen LogP contribution in [-0.2, 0) is 9.47 Å². The summed E-state index contributed by atoms with van der Waals surface area (Å²) in [6.45, 7) is 16.4. The third-order valence-electron chi connectivity index (χ3n) is 5.37. The number of carbonyl (C=O) groups is 2. The van der Waals surface area contributed by atoms with E-state index in [1.807, 2.05) is 48.5 Å². The van der Waals surface area contributed by atoms with Gasteiger partial charge in [0.05, 0.1) is 18.7 Å².